The number of ether oxygens (including phenoxy) is 1. The minimum absolute atomic E-state index is 0.301. The fourth-order valence-corrected chi connectivity index (χ4v) is 5.04. The molecule has 1 saturated heterocycles. The zero-order chi connectivity index (χ0) is 18.6. The summed E-state index contributed by atoms with van der Waals surface area (Å²) in [7, 11) is 0. The highest BCUT2D eigenvalue weighted by atomic mass is 16.5. The maximum atomic E-state index is 13.1. The third-order valence-corrected chi connectivity index (χ3v) is 6.59. The molecule has 4 nitrogen and oxygen atoms in total. The Morgan fingerprint density at radius 3 is 2.74 bits per heavy atom. The van der Waals surface area contributed by atoms with E-state index in [0.717, 1.165) is 19.5 Å². The summed E-state index contributed by atoms with van der Waals surface area (Å²) < 4.78 is 5.43. The van der Waals surface area contributed by atoms with E-state index in [1.54, 1.807) is 0 Å². The number of nitrogens with zero attached hydrogens (tertiary/aromatic N) is 1. The van der Waals surface area contributed by atoms with Gasteiger partial charge in [0.05, 0.1) is 13.2 Å². The second-order valence-electron chi connectivity index (χ2n) is 8.14. The number of fused-ring (bicyclic) bond motifs is 1. The second-order valence-corrected chi connectivity index (χ2v) is 8.14. The smallest absolute Gasteiger partial charge is 0.223 e. The first-order valence-electron chi connectivity index (χ1n) is 10.7. The van der Waals surface area contributed by atoms with Crippen LogP contribution in [0.25, 0.3) is 10.9 Å². The topological polar surface area (TPSA) is 45.3 Å². The number of H-pyrrole nitrogens is 1. The Bertz CT molecular complexity index is 770. The van der Waals surface area contributed by atoms with Crippen LogP contribution in [0, 0.1) is 5.92 Å². The van der Waals surface area contributed by atoms with Crippen LogP contribution in [0.15, 0.2) is 24.4 Å². The Morgan fingerprint density at radius 2 is 2.00 bits per heavy atom. The van der Waals surface area contributed by atoms with E-state index in [9.17, 15) is 4.79 Å². The minimum Gasteiger partial charge on any atom is -0.378 e. The van der Waals surface area contributed by atoms with Gasteiger partial charge in [0, 0.05) is 36.6 Å². The number of carbonyl (C=O) groups is 1. The van der Waals surface area contributed by atoms with Gasteiger partial charge in [-0.1, -0.05) is 44.4 Å². The first-order valence-corrected chi connectivity index (χ1v) is 10.7. The predicted octanol–water partition coefficient (Wildman–Crippen LogP) is 4.64. The lowest BCUT2D eigenvalue weighted by molar-refractivity contribution is -0.136. The van der Waals surface area contributed by atoms with Gasteiger partial charge in [-0.2, -0.15) is 0 Å². The van der Waals surface area contributed by atoms with Crippen LogP contribution in [0.5, 0.6) is 0 Å². The molecule has 1 aliphatic heterocycles. The Balaban J connectivity index is 1.64. The third kappa shape index (κ3) is 3.91. The maximum absolute atomic E-state index is 13.1. The molecule has 1 aliphatic carbocycles. The van der Waals surface area contributed by atoms with Crippen LogP contribution in [-0.2, 0) is 16.0 Å². The number of hydrogen-bond acceptors (Lipinski definition) is 2. The summed E-state index contributed by atoms with van der Waals surface area (Å²) in [5, 5.41) is 1.32. The Kier molecular flexibility index (Phi) is 5.82. The maximum Gasteiger partial charge on any atom is 0.223 e. The number of aryl methyl sites for hydroxylation is 1. The number of aromatic amines is 1. The monoisotopic (exact) mass is 368 g/mol. The van der Waals surface area contributed by atoms with Gasteiger partial charge in [-0.15, -0.1) is 0 Å². The molecule has 4 heteroatoms. The SMILES string of the molecule is CCc1cccc2c(C(CC(=O)N3CCOCC3)C3CCCCC3)c[nH]c12. The van der Waals surface area contributed by atoms with E-state index in [1.807, 2.05) is 4.90 Å². The molecule has 1 amide bonds. The van der Waals surface area contributed by atoms with Crippen molar-refractivity contribution in [3.63, 3.8) is 0 Å². The van der Waals surface area contributed by atoms with Crippen LogP contribution in [0.2, 0.25) is 0 Å². The molecule has 146 valence electrons. The lowest BCUT2D eigenvalue weighted by atomic mass is 9.75. The number of nitrogens with one attached hydrogen (secondary N) is 1. The summed E-state index contributed by atoms with van der Waals surface area (Å²) >= 11 is 0. The van der Waals surface area contributed by atoms with Crippen LogP contribution in [0.3, 0.4) is 0 Å². The van der Waals surface area contributed by atoms with Crippen LogP contribution >= 0.6 is 0 Å². The van der Waals surface area contributed by atoms with E-state index in [0.29, 0.717) is 37.4 Å². The van der Waals surface area contributed by atoms with Crippen molar-refractivity contribution in [3.05, 3.63) is 35.5 Å². The number of para-hydroxylation sites is 1. The van der Waals surface area contributed by atoms with Crippen LogP contribution in [0.4, 0.5) is 0 Å². The van der Waals surface area contributed by atoms with Gasteiger partial charge in [0.2, 0.25) is 5.91 Å². The molecule has 1 aromatic heterocycles. The molecule has 0 bridgehead atoms. The molecule has 1 atom stereocenters. The second kappa shape index (κ2) is 8.47. The molecule has 2 aliphatic rings. The standard InChI is InChI=1S/C23H32N2O2/c1-2-17-9-6-10-19-21(16-24-23(17)19)20(18-7-4-3-5-8-18)15-22(26)25-11-13-27-14-12-25/h6,9-10,16,18,20,24H,2-5,7-8,11-15H2,1H3. The summed E-state index contributed by atoms with van der Waals surface area (Å²) in [6, 6.07) is 6.60. The molecular formula is C23H32N2O2. The van der Waals surface area contributed by atoms with Gasteiger partial charge < -0.3 is 14.6 Å². The molecule has 2 heterocycles. The molecule has 1 aromatic carbocycles. The van der Waals surface area contributed by atoms with Crippen molar-refractivity contribution in [2.75, 3.05) is 26.3 Å². The molecule has 2 aromatic rings. The van der Waals surface area contributed by atoms with Crippen molar-refractivity contribution < 1.29 is 9.53 Å². The van der Waals surface area contributed by atoms with E-state index in [2.05, 4.69) is 36.3 Å². The van der Waals surface area contributed by atoms with Gasteiger partial charge in [-0.25, -0.2) is 0 Å². The van der Waals surface area contributed by atoms with Gasteiger partial charge in [0.1, 0.15) is 0 Å². The summed E-state index contributed by atoms with van der Waals surface area (Å²) in [5.41, 5.74) is 3.98. The number of morpholine rings is 1. The summed E-state index contributed by atoms with van der Waals surface area (Å²) in [6.45, 7) is 5.03. The van der Waals surface area contributed by atoms with Crippen LogP contribution in [0.1, 0.15) is 62.5 Å². The molecular weight excluding hydrogens is 336 g/mol. The van der Waals surface area contributed by atoms with Gasteiger partial charge >= 0.3 is 0 Å². The summed E-state index contributed by atoms with van der Waals surface area (Å²) in [4.78, 5) is 18.6. The number of hydrogen-bond donors (Lipinski definition) is 1. The van der Waals surface area contributed by atoms with Crippen molar-refractivity contribution in [2.45, 2.75) is 57.8 Å². The quantitative estimate of drug-likeness (QED) is 0.835. The highest BCUT2D eigenvalue weighted by Crippen LogP contribution is 2.41. The molecule has 1 saturated carbocycles. The minimum atomic E-state index is 0.301. The first-order chi connectivity index (χ1) is 13.3. The number of rotatable bonds is 5. The van der Waals surface area contributed by atoms with Crippen LogP contribution < -0.4 is 0 Å². The highest BCUT2D eigenvalue weighted by Gasteiger charge is 2.31. The number of benzene rings is 1. The summed E-state index contributed by atoms with van der Waals surface area (Å²) in [6.07, 6.45) is 10.3. The van der Waals surface area contributed by atoms with Crippen molar-refractivity contribution >= 4 is 16.8 Å². The lowest BCUT2D eigenvalue weighted by Gasteiger charge is -2.33. The van der Waals surface area contributed by atoms with Crippen LogP contribution in [-0.4, -0.2) is 42.1 Å². The number of amides is 1. The summed E-state index contributed by atoms with van der Waals surface area (Å²) in [5.74, 6) is 1.24. The Hall–Kier alpha value is -1.81. The highest BCUT2D eigenvalue weighted by molar-refractivity contribution is 5.87. The molecule has 0 radical (unpaired) electrons. The fraction of sp³-hybridized carbons (Fsp3) is 0.609. The van der Waals surface area contributed by atoms with E-state index >= 15 is 0 Å². The largest absolute Gasteiger partial charge is 0.378 e. The molecule has 0 spiro atoms. The van der Waals surface area contributed by atoms with Crippen molar-refractivity contribution in [1.29, 1.82) is 0 Å². The first kappa shape index (κ1) is 18.5. The number of aromatic nitrogens is 1. The Labute approximate surface area is 162 Å². The van der Waals surface area contributed by atoms with Crippen molar-refractivity contribution in [3.8, 4) is 0 Å². The van der Waals surface area contributed by atoms with E-state index in [-0.39, 0.29) is 0 Å². The molecule has 1 N–H and O–H groups in total. The molecule has 4 rings (SSSR count). The van der Waals surface area contributed by atoms with Gasteiger partial charge in [-0.05, 0) is 42.2 Å². The average molecular weight is 369 g/mol. The van der Waals surface area contributed by atoms with Gasteiger partial charge in [0.25, 0.3) is 0 Å². The molecule has 2 fully saturated rings. The van der Waals surface area contributed by atoms with E-state index < -0.39 is 0 Å². The molecule has 27 heavy (non-hydrogen) atoms. The Morgan fingerprint density at radius 1 is 1.22 bits per heavy atom. The third-order valence-electron chi connectivity index (χ3n) is 6.59. The predicted molar refractivity (Wildman–Crippen MR) is 109 cm³/mol. The van der Waals surface area contributed by atoms with Gasteiger partial charge in [0.15, 0.2) is 0 Å². The van der Waals surface area contributed by atoms with E-state index in [4.69, 9.17) is 4.74 Å². The van der Waals surface area contributed by atoms with Crippen molar-refractivity contribution in [1.82, 2.24) is 9.88 Å². The average Bonchev–Trinajstić information content (AvgIpc) is 3.17. The van der Waals surface area contributed by atoms with Crippen molar-refractivity contribution in [2.24, 2.45) is 5.92 Å². The normalized spacial score (nSPS) is 20.1. The zero-order valence-corrected chi connectivity index (χ0v) is 16.5. The van der Waals surface area contributed by atoms with Gasteiger partial charge in [-0.3, -0.25) is 4.79 Å². The lowest BCUT2D eigenvalue weighted by Crippen LogP contribution is -2.41. The fourth-order valence-electron chi connectivity index (χ4n) is 5.04. The number of carbonyl (C=O) groups excluding carboxylic acids is 1. The zero-order valence-electron chi connectivity index (χ0n) is 16.5. The molecule has 1 unspecified atom stereocenters. The van der Waals surface area contributed by atoms with E-state index in [1.165, 1.54) is 54.1 Å².